The number of rotatable bonds is 2. The fraction of sp³-hybridized carbons (Fsp3) is 0.0833. The van der Waals surface area contributed by atoms with Crippen molar-refractivity contribution in [1.29, 1.82) is 0 Å². The van der Waals surface area contributed by atoms with Gasteiger partial charge in [0.05, 0.1) is 5.56 Å². The van der Waals surface area contributed by atoms with E-state index in [1.165, 1.54) is 29.0 Å². The number of fused-ring (bicyclic) bond motifs is 1. The van der Waals surface area contributed by atoms with E-state index in [9.17, 15) is 13.2 Å². The Balaban J connectivity index is 2.01. The molecule has 0 bridgehead atoms. The predicted octanol–water partition coefficient (Wildman–Crippen LogP) is 3.54. The molecule has 0 fully saturated rings. The van der Waals surface area contributed by atoms with Crippen LogP contribution in [0.1, 0.15) is 5.56 Å². The second kappa shape index (κ2) is 4.88. The summed E-state index contributed by atoms with van der Waals surface area (Å²) in [7, 11) is 0. The molecule has 0 saturated heterocycles. The van der Waals surface area contributed by atoms with E-state index < -0.39 is 11.7 Å². The Morgan fingerprint density at radius 3 is 2.76 bits per heavy atom. The third kappa shape index (κ3) is 2.75. The van der Waals surface area contributed by atoms with Gasteiger partial charge in [0.25, 0.3) is 5.78 Å². The van der Waals surface area contributed by atoms with Crippen LogP contribution in [-0.2, 0) is 6.18 Å². The van der Waals surface area contributed by atoms with Crippen LogP contribution in [-0.4, -0.2) is 19.6 Å². The summed E-state index contributed by atoms with van der Waals surface area (Å²) in [4.78, 5) is 7.80. The number of nitrogens with zero attached hydrogens (tertiary/aromatic N) is 4. The van der Waals surface area contributed by atoms with E-state index in [0.29, 0.717) is 5.82 Å². The maximum absolute atomic E-state index is 12.7. The van der Waals surface area contributed by atoms with Gasteiger partial charge in [-0.05, 0) is 18.2 Å². The second-order valence-corrected chi connectivity index (χ2v) is 4.53. The standard InChI is InChI=1S/C12H7ClF3N5/c13-9-5-10(21-11(20-9)17-6-18-21)19-8-3-1-2-7(4-8)12(14,15)16/h1-6,19H. The van der Waals surface area contributed by atoms with E-state index in [2.05, 4.69) is 20.4 Å². The van der Waals surface area contributed by atoms with E-state index in [1.54, 1.807) is 0 Å². The Hall–Kier alpha value is -2.35. The van der Waals surface area contributed by atoms with Crippen LogP contribution in [0.4, 0.5) is 24.7 Å². The van der Waals surface area contributed by atoms with Gasteiger partial charge in [0.2, 0.25) is 0 Å². The van der Waals surface area contributed by atoms with Crippen molar-refractivity contribution in [3.63, 3.8) is 0 Å². The lowest BCUT2D eigenvalue weighted by molar-refractivity contribution is -0.137. The topological polar surface area (TPSA) is 55.1 Å². The molecule has 0 spiro atoms. The van der Waals surface area contributed by atoms with Gasteiger partial charge in [-0.15, -0.1) is 0 Å². The van der Waals surface area contributed by atoms with Crippen LogP contribution in [0.25, 0.3) is 5.78 Å². The molecule has 0 unspecified atom stereocenters. The van der Waals surface area contributed by atoms with Crippen molar-refractivity contribution in [3.8, 4) is 0 Å². The second-order valence-electron chi connectivity index (χ2n) is 4.14. The third-order valence-electron chi connectivity index (χ3n) is 2.68. The van der Waals surface area contributed by atoms with Gasteiger partial charge in [-0.25, -0.2) is 0 Å². The molecule has 0 aliphatic rings. The predicted molar refractivity (Wildman–Crippen MR) is 70.5 cm³/mol. The van der Waals surface area contributed by atoms with Gasteiger partial charge < -0.3 is 5.32 Å². The van der Waals surface area contributed by atoms with Crippen LogP contribution < -0.4 is 5.32 Å². The molecule has 1 N–H and O–H groups in total. The van der Waals surface area contributed by atoms with E-state index in [4.69, 9.17) is 11.6 Å². The van der Waals surface area contributed by atoms with Gasteiger partial charge in [0, 0.05) is 11.8 Å². The van der Waals surface area contributed by atoms with Crippen LogP contribution in [0.2, 0.25) is 5.15 Å². The number of aromatic nitrogens is 4. The molecule has 1 aromatic carbocycles. The highest BCUT2D eigenvalue weighted by atomic mass is 35.5. The highest BCUT2D eigenvalue weighted by Gasteiger charge is 2.30. The van der Waals surface area contributed by atoms with Gasteiger partial charge in [-0.2, -0.15) is 32.8 Å². The number of alkyl halides is 3. The van der Waals surface area contributed by atoms with Gasteiger partial charge in [0.15, 0.2) is 0 Å². The quantitative estimate of drug-likeness (QED) is 0.735. The minimum Gasteiger partial charge on any atom is -0.340 e. The molecule has 0 radical (unpaired) electrons. The van der Waals surface area contributed by atoms with E-state index >= 15 is 0 Å². The van der Waals surface area contributed by atoms with Crippen LogP contribution in [0.3, 0.4) is 0 Å². The monoisotopic (exact) mass is 313 g/mol. The van der Waals surface area contributed by atoms with Gasteiger partial charge in [0.1, 0.15) is 17.3 Å². The lowest BCUT2D eigenvalue weighted by atomic mass is 10.2. The van der Waals surface area contributed by atoms with Crippen molar-refractivity contribution in [2.24, 2.45) is 0 Å². The minimum absolute atomic E-state index is 0.157. The number of hydrogen-bond acceptors (Lipinski definition) is 4. The zero-order chi connectivity index (χ0) is 15.0. The van der Waals surface area contributed by atoms with Gasteiger partial charge >= 0.3 is 6.18 Å². The molecule has 0 aliphatic carbocycles. The zero-order valence-corrected chi connectivity index (χ0v) is 11.0. The first-order valence-electron chi connectivity index (χ1n) is 5.74. The van der Waals surface area contributed by atoms with Crippen LogP contribution in [0, 0.1) is 0 Å². The zero-order valence-electron chi connectivity index (χ0n) is 10.3. The number of benzene rings is 1. The van der Waals surface area contributed by atoms with Crippen LogP contribution in [0.5, 0.6) is 0 Å². The third-order valence-corrected chi connectivity index (χ3v) is 2.88. The fourth-order valence-corrected chi connectivity index (χ4v) is 1.97. The average Bonchev–Trinajstić information content (AvgIpc) is 2.86. The smallest absolute Gasteiger partial charge is 0.340 e. The Morgan fingerprint density at radius 1 is 1.19 bits per heavy atom. The molecule has 3 aromatic rings. The molecular formula is C12H7ClF3N5. The molecule has 0 amide bonds. The summed E-state index contributed by atoms with van der Waals surface area (Å²) >= 11 is 5.84. The molecule has 0 atom stereocenters. The summed E-state index contributed by atoms with van der Waals surface area (Å²) in [6, 6.07) is 6.26. The van der Waals surface area contributed by atoms with Gasteiger partial charge in [-0.1, -0.05) is 17.7 Å². The maximum atomic E-state index is 12.7. The molecule has 9 heteroatoms. The maximum Gasteiger partial charge on any atom is 0.416 e. The number of hydrogen-bond donors (Lipinski definition) is 1. The Morgan fingerprint density at radius 2 is 2.00 bits per heavy atom. The van der Waals surface area contributed by atoms with E-state index in [0.717, 1.165) is 12.1 Å². The van der Waals surface area contributed by atoms with Crippen LogP contribution in [0.15, 0.2) is 36.7 Å². The molecule has 21 heavy (non-hydrogen) atoms. The molecule has 2 aromatic heterocycles. The van der Waals surface area contributed by atoms with Crippen molar-refractivity contribution < 1.29 is 13.2 Å². The summed E-state index contributed by atoms with van der Waals surface area (Å²) in [5.41, 5.74) is -0.494. The summed E-state index contributed by atoms with van der Waals surface area (Å²) in [5, 5.41) is 6.91. The summed E-state index contributed by atoms with van der Waals surface area (Å²) in [6.45, 7) is 0. The number of anilines is 2. The first-order valence-corrected chi connectivity index (χ1v) is 6.12. The summed E-state index contributed by atoms with van der Waals surface area (Å²) in [6.07, 6.45) is -3.13. The van der Waals surface area contributed by atoms with Crippen molar-refractivity contribution in [3.05, 3.63) is 47.4 Å². The normalized spacial score (nSPS) is 11.8. The molecule has 5 nitrogen and oxygen atoms in total. The average molecular weight is 314 g/mol. The first kappa shape index (κ1) is 13.6. The first-order chi connectivity index (χ1) is 9.93. The Labute approximate surface area is 121 Å². The van der Waals surface area contributed by atoms with Crippen molar-refractivity contribution in [2.75, 3.05) is 5.32 Å². The van der Waals surface area contributed by atoms with Crippen LogP contribution >= 0.6 is 11.6 Å². The van der Waals surface area contributed by atoms with E-state index in [1.807, 2.05) is 0 Å². The Kier molecular flexibility index (Phi) is 3.17. The Bertz CT molecular complexity index is 799. The summed E-state index contributed by atoms with van der Waals surface area (Å²) in [5.74, 6) is 0.610. The van der Waals surface area contributed by atoms with Crippen molar-refractivity contribution in [1.82, 2.24) is 19.6 Å². The summed E-state index contributed by atoms with van der Waals surface area (Å²) < 4.78 is 39.4. The lowest BCUT2D eigenvalue weighted by Gasteiger charge is -2.11. The lowest BCUT2D eigenvalue weighted by Crippen LogP contribution is -2.06. The minimum atomic E-state index is -4.41. The van der Waals surface area contributed by atoms with E-state index in [-0.39, 0.29) is 16.6 Å². The fourth-order valence-electron chi connectivity index (χ4n) is 1.79. The molecule has 0 saturated carbocycles. The molecule has 0 aliphatic heterocycles. The molecule has 3 rings (SSSR count). The van der Waals surface area contributed by atoms with Crippen molar-refractivity contribution >= 4 is 28.9 Å². The molecular weight excluding hydrogens is 307 g/mol. The number of nitrogens with one attached hydrogen (secondary N) is 1. The molecule has 2 heterocycles. The highest BCUT2D eigenvalue weighted by Crippen LogP contribution is 2.31. The van der Waals surface area contributed by atoms with Crippen molar-refractivity contribution in [2.45, 2.75) is 6.18 Å². The molecule has 108 valence electrons. The van der Waals surface area contributed by atoms with Gasteiger partial charge in [-0.3, -0.25) is 0 Å². The largest absolute Gasteiger partial charge is 0.416 e. The SMILES string of the molecule is FC(F)(F)c1cccc(Nc2cc(Cl)nc3ncnn23)c1. The number of halogens is 4. The highest BCUT2D eigenvalue weighted by molar-refractivity contribution is 6.29.